The van der Waals surface area contributed by atoms with Crippen molar-refractivity contribution in [1.29, 1.82) is 0 Å². The minimum absolute atomic E-state index is 0.0621. The van der Waals surface area contributed by atoms with Gasteiger partial charge in [0.15, 0.2) is 0 Å². The fourth-order valence-electron chi connectivity index (χ4n) is 3.07. The van der Waals surface area contributed by atoms with Crippen LogP contribution in [0.1, 0.15) is 21.4 Å². The van der Waals surface area contributed by atoms with Gasteiger partial charge in [-0.05, 0) is 53.1 Å². The van der Waals surface area contributed by atoms with Crippen molar-refractivity contribution >= 4 is 57.6 Å². The summed E-state index contributed by atoms with van der Waals surface area (Å²) in [6.45, 7) is 0.667. The summed E-state index contributed by atoms with van der Waals surface area (Å²) in [6, 6.07) is 11.0. The first-order valence-electron chi connectivity index (χ1n) is 7.76. The molecule has 1 unspecified atom stereocenters. The number of thiophene rings is 2. The van der Waals surface area contributed by atoms with Crippen LogP contribution in [0, 0.1) is 0 Å². The van der Waals surface area contributed by atoms with Crippen molar-refractivity contribution in [1.82, 2.24) is 4.90 Å². The predicted octanol–water partition coefficient (Wildman–Crippen LogP) is 6.30. The third-order valence-electron chi connectivity index (χ3n) is 4.21. The van der Waals surface area contributed by atoms with E-state index in [4.69, 9.17) is 23.2 Å². The molecule has 0 fully saturated rings. The molecule has 25 heavy (non-hydrogen) atoms. The van der Waals surface area contributed by atoms with Gasteiger partial charge in [0.2, 0.25) is 0 Å². The fraction of sp³-hybridized carbons (Fsp3) is 0.167. The summed E-state index contributed by atoms with van der Waals surface area (Å²) in [7, 11) is 0. The van der Waals surface area contributed by atoms with Gasteiger partial charge in [0.05, 0.1) is 16.8 Å². The summed E-state index contributed by atoms with van der Waals surface area (Å²) in [5.74, 6) is 0. The second kappa shape index (κ2) is 7.00. The molecule has 1 aliphatic rings. The highest BCUT2D eigenvalue weighted by atomic mass is 35.5. The van der Waals surface area contributed by atoms with Crippen LogP contribution < -0.4 is 5.32 Å². The number of hydrogen-bond acceptors (Lipinski definition) is 3. The Bertz CT molecular complexity index is 908. The topological polar surface area (TPSA) is 32.3 Å². The number of rotatable bonds is 2. The number of nitrogens with zero attached hydrogens (tertiary/aromatic N) is 1. The van der Waals surface area contributed by atoms with Gasteiger partial charge in [-0.2, -0.15) is 0 Å². The zero-order chi connectivity index (χ0) is 17.4. The standard InChI is InChI=1S/C18H14Cl2N2OS2/c19-11-3-4-13(20)14(10-11)21-18(23)22-7-5-15-12(6-9-25-15)17(22)16-2-1-8-24-16/h1-4,6,8-10,17H,5,7H2,(H,21,23). The summed E-state index contributed by atoms with van der Waals surface area (Å²) in [5.41, 5.74) is 1.74. The van der Waals surface area contributed by atoms with Gasteiger partial charge in [0, 0.05) is 21.3 Å². The van der Waals surface area contributed by atoms with Gasteiger partial charge >= 0.3 is 6.03 Å². The molecular weight excluding hydrogens is 395 g/mol. The second-order valence-corrected chi connectivity index (χ2v) is 8.54. The normalized spacial score (nSPS) is 16.6. The Hall–Kier alpha value is -1.53. The molecule has 0 saturated heterocycles. The van der Waals surface area contributed by atoms with Crippen LogP contribution in [0.5, 0.6) is 0 Å². The lowest BCUT2D eigenvalue weighted by atomic mass is 9.99. The van der Waals surface area contributed by atoms with Crippen molar-refractivity contribution < 1.29 is 4.79 Å². The van der Waals surface area contributed by atoms with Gasteiger partial charge in [-0.25, -0.2) is 4.79 Å². The van der Waals surface area contributed by atoms with Crippen LogP contribution in [0.4, 0.5) is 10.5 Å². The first-order chi connectivity index (χ1) is 12.1. The molecule has 1 atom stereocenters. The van der Waals surface area contributed by atoms with Gasteiger partial charge in [-0.3, -0.25) is 0 Å². The third kappa shape index (κ3) is 3.29. The molecule has 0 spiro atoms. The smallest absolute Gasteiger partial charge is 0.312 e. The molecule has 1 aliphatic heterocycles. The number of halogens is 2. The van der Waals surface area contributed by atoms with Crippen molar-refractivity contribution in [2.24, 2.45) is 0 Å². The molecule has 1 N–H and O–H groups in total. The van der Waals surface area contributed by atoms with Crippen LogP contribution in [0.3, 0.4) is 0 Å². The van der Waals surface area contributed by atoms with E-state index in [2.05, 4.69) is 22.8 Å². The molecule has 3 aromatic rings. The summed E-state index contributed by atoms with van der Waals surface area (Å²) in [6.07, 6.45) is 0.867. The van der Waals surface area contributed by atoms with E-state index in [1.54, 1.807) is 40.9 Å². The quantitative estimate of drug-likeness (QED) is 0.530. The molecule has 3 heterocycles. The molecule has 7 heteroatoms. The van der Waals surface area contributed by atoms with E-state index in [0.29, 0.717) is 22.3 Å². The van der Waals surface area contributed by atoms with Gasteiger partial charge < -0.3 is 10.2 Å². The van der Waals surface area contributed by atoms with Crippen LogP contribution >= 0.6 is 45.9 Å². The monoisotopic (exact) mass is 408 g/mol. The number of nitrogens with one attached hydrogen (secondary N) is 1. The van der Waals surface area contributed by atoms with E-state index >= 15 is 0 Å². The van der Waals surface area contributed by atoms with Crippen molar-refractivity contribution in [2.45, 2.75) is 12.5 Å². The SMILES string of the molecule is O=C(Nc1cc(Cl)ccc1Cl)N1CCc2sccc2C1c1cccs1. The van der Waals surface area contributed by atoms with Crippen molar-refractivity contribution in [3.8, 4) is 0 Å². The summed E-state index contributed by atoms with van der Waals surface area (Å²) in [4.78, 5) is 17.4. The van der Waals surface area contributed by atoms with Crippen LogP contribution in [-0.4, -0.2) is 17.5 Å². The minimum atomic E-state index is -0.167. The van der Waals surface area contributed by atoms with Crippen molar-refractivity contribution in [2.75, 3.05) is 11.9 Å². The van der Waals surface area contributed by atoms with Gasteiger partial charge in [0.25, 0.3) is 0 Å². The number of benzene rings is 1. The summed E-state index contributed by atoms with van der Waals surface area (Å²) >= 11 is 15.6. The Labute approximate surface area is 163 Å². The zero-order valence-electron chi connectivity index (χ0n) is 13.0. The van der Waals surface area contributed by atoms with E-state index < -0.39 is 0 Å². The summed E-state index contributed by atoms with van der Waals surface area (Å²) in [5, 5.41) is 8.06. The average Bonchev–Trinajstić information content (AvgIpc) is 3.28. The van der Waals surface area contributed by atoms with E-state index in [0.717, 1.165) is 11.3 Å². The Morgan fingerprint density at radius 2 is 2.04 bits per heavy atom. The van der Waals surface area contributed by atoms with E-state index in [1.165, 1.54) is 10.4 Å². The van der Waals surface area contributed by atoms with Crippen molar-refractivity contribution in [3.63, 3.8) is 0 Å². The lowest BCUT2D eigenvalue weighted by molar-refractivity contribution is 0.195. The van der Waals surface area contributed by atoms with Crippen molar-refractivity contribution in [3.05, 3.63) is 72.5 Å². The molecule has 0 saturated carbocycles. The summed E-state index contributed by atoms with van der Waals surface area (Å²) < 4.78 is 0. The largest absolute Gasteiger partial charge is 0.322 e. The number of carbonyl (C=O) groups excluding carboxylic acids is 1. The maximum atomic E-state index is 13.0. The minimum Gasteiger partial charge on any atom is -0.312 e. The molecule has 2 aromatic heterocycles. The predicted molar refractivity (Wildman–Crippen MR) is 106 cm³/mol. The maximum absolute atomic E-state index is 13.0. The lowest BCUT2D eigenvalue weighted by Gasteiger charge is -2.35. The molecule has 3 nitrogen and oxygen atoms in total. The molecular formula is C18H14Cl2N2OS2. The number of fused-ring (bicyclic) bond motifs is 1. The van der Waals surface area contributed by atoms with E-state index in [1.807, 2.05) is 16.3 Å². The first kappa shape index (κ1) is 16.9. The molecule has 0 bridgehead atoms. The molecule has 128 valence electrons. The number of anilines is 1. The highest BCUT2D eigenvalue weighted by Gasteiger charge is 2.33. The molecule has 0 radical (unpaired) electrons. The van der Waals surface area contributed by atoms with Crippen LogP contribution in [0.25, 0.3) is 0 Å². The number of hydrogen-bond donors (Lipinski definition) is 1. The Kier molecular flexibility index (Phi) is 4.73. The van der Waals surface area contributed by atoms with Crippen LogP contribution in [-0.2, 0) is 6.42 Å². The van der Waals surface area contributed by atoms with Gasteiger partial charge in [-0.1, -0.05) is 29.3 Å². The van der Waals surface area contributed by atoms with Crippen LogP contribution in [0.2, 0.25) is 10.0 Å². The molecule has 1 aromatic carbocycles. The Morgan fingerprint density at radius 3 is 2.84 bits per heavy atom. The Balaban J connectivity index is 1.66. The van der Waals surface area contributed by atoms with E-state index in [-0.39, 0.29) is 12.1 Å². The average molecular weight is 409 g/mol. The first-order valence-corrected chi connectivity index (χ1v) is 10.3. The molecule has 4 rings (SSSR count). The third-order valence-corrected chi connectivity index (χ3v) is 6.70. The van der Waals surface area contributed by atoms with E-state index in [9.17, 15) is 4.79 Å². The molecule has 2 amide bonds. The lowest BCUT2D eigenvalue weighted by Crippen LogP contribution is -2.42. The molecule has 0 aliphatic carbocycles. The highest BCUT2D eigenvalue weighted by molar-refractivity contribution is 7.10. The number of amides is 2. The highest BCUT2D eigenvalue weighted by Crippen LogP contribution is 2.40. The maximum Gasteiger partial charge on any atom is 0.322 e. The van der Waals surface area contributed by atoms with Gasteiger partial charge in [0.1, 0.15) is 0 Å². The number of carbonyl (C=O) groups is 1. The zero-order valence-corrected chi connectivity index (χ0v) is 16.2. The van der Waals surface area contributed by atoms with Gasteiger partial charge in [-0.15, -0.1) is 22.7 Å². The van der Waals surface area contributed by atoms with Crippen LogP contribution in [0.15, 0.2) is 47.2 Å². The Morgan fingerprint density at radius 1 is 1.16 bits per heavy atom. The fourth-order valence-corrected chi connectivity index (χ4v) is 5.16. The second-order valence-electron chi connectivity index (χ2n) is 5.71. The number of urea groups is 1.